The predicted octanol–water partition coefficient (Wildman–Crippen LogP) is 3.90. The van der Waals surface area contributed by atoms with Gasteiger partial charge >= 0.3 is 0 Å². The van der Waals surface area contributed by atoms with E-state index in [2.05, 4.69) is 22.6 Å². The first-order valence-electron chi connectivity index (χ1n) is 7.77. The first-order chi connectivity index (χ1) is 11.4. The third-order valence-corrected chi connectivity index (χ3v) is 6.28. The fourth-order valence-electron chi connectivity index (χ4n) is 2.27. The number of aliphatic hydroxyl groups excluding tert-OH is 1. The molecule has 2 aromatic rings. The molecular formula is C18H21IO4S. The Balaban J connectivity index is 2.31. The van der Waals surface area contributed by atoms with Crippen molar-refractivity contribution in [3.63, 3.8) is 0 Å². The normalized spacial score (nSPS) is 12.8. The van der Waals surface area contributed by atoms with Gasteiger partial charge in [-0.2, -0.15) is 0 Å². The highest BCUT2D eigenvalue weighted by molar-refractivity contribution is 14.1. The highest BCUT2D eigenvalue weighted by atomic mass is 127. The van der Waals surface area contributed by atoms with Crippen LogP contribution in [0.1, 0.15) is 20.3 Å². The monoisotopic (exact) mass is 460 g/mol. The van der Waals surface area contributed by atoms with Crippen LogP contribution in [0.2, 0.25) is 0 Å². The Hall–Kier alpha value is -1.12. The summed E-state index contributed by atoms with van der Waals surface area (Å²) in [6.45, 7) is 3.65. The topological polar surface area (TPSA) is 63.6 Å². The molecule has 24 heavy (non-hydrogen) atoms. The van der Waals surface area contributed by atoms with E-state index >= 15 is 0 Å². The molecule has 0 fully saturated rings. The summed E-state index contributed by atoms with van der Waals surface area (Å²) in [7, 11) is -3.22. The van der Waals surface area contributed by atoms with Gasteiger partial charge in [0.15, 0.2) is 9.84 Å². The molecule has 1 N–H and O–H groups in total. The number of aliphatic hydroxyl groups is 1. The van der Waals surface area contributed by atoms with Crippen LogP contribution in [0.25, 0.3) is 11.1 Å². The van der Waals surface area contributed by atoms with Gasteiger partial charge in [-0.25, -0.2) is 8.42 Å². The summed E-state index contributed by atoms with van der Waals surface area (Å²) in [5, 5.41) is 8.96. The molecule has 1 atom stereocenters. The van der Waals surface area contributed by atoms with Gasteiger partial charge in [-0.3, -0.25) is 0 Å². The van der Waals surface area contributed by atoms with Crippen molar-refractivity contribution in [3.05, 3.63) is 46.0 Å². The fraction of sp³-hybridized carbons (Fsp3) is 0.333. The molecule has 0 saturated heterocycles. The highest BCUT2D eigenvalue weighted by Crippen LogP contribution is 2.30. The molecule has 0 spiro atoms. The summed E-state index contributed by atoms with van der Waals surface area (Å²) in [4.78, 5) is 0.342. The largest absolute Gasteiger partial charge is 0.490 e. The van der Waals surface area contributed by atoms with E-state index in [4.69, 9.17) is 9.84 Å². The Bertz CT molecular complexity index is 802. The van der Waals surface area contributed by atoms with E-state index in [9.17, 15) is 8.42 Å². The van der Waals surface area contributed by atoms with E-state index in [1.165, 1.54) is 0 Å². The smallest absolute Gasteiger partial charge is 0.178 e. The second kappa shape index (κ2) is 8.31. The van der Waals surface area contributed by atoms with Crippen molar-refractivity contribution in [2.75, 3.05) is 12.4 Å². The van der Waals surface area contributed by atoms with Crippen LogP contribution in [0.5, 0.6) is 5.75 Å². The van der Waals surface area contributed by atoms with Crippen LogP contribution < -0.4 is 4.74 Å². The van der Waals surface area contributed by atoms with Gasteiger partial charge in [-0.15, -0.1) is 0 Å². The molecule has 0 aliphatic rings. The summed E-state index contributed by atoms with van der Waals surface area (Å²) in [5.74, 6) is 0.849. The molecule has 0 amide bonds. The van der Waals surface area contributed by atoms with Crippen LogP contribution in [0, 0.1) is 3.57 Å². The molecule has 0 aliphatic carbocycles. The third kappa shape index (κ3) is 4.70. The number of benzene rings is 2. The lowest BCUT2D eigenvalue weighted by molar-refractivity contribution is 0.168. The molecule has 0 aliphatic heterocycles. The first-order valence-corrected chi connectivity index (χ1v) is 10.5. The van der Waals surface area contributed by atoms with E-state index in [1.807, 2.05) is 31.2 Å². The van der Waals surface area contributed by atoms with E-state index in [0.717, 1.165) is 20.4 Å². The van der Waals surface area contributed by atoms with Crippen molar-refractivity contribution >= 4 is 32.4 Å². The van der Waals surface area contributed by atoms with E-state index in [0.29, 0.717) is 11.3 Å². The zero-order valence-corrected chi connectivity index (χ0v) is 16.7. The molecule has 1 unspecified atom stereocenters. The van der Waals surface area contributed by atoms with Crippen molar-refractivity contribution in [3.8, 4) is 16.9 Å². The van der Waals surface area contributed by atoms with Crippen molar-refractivity contribution in [1.29, 1.82) is 0 Å². The molecule has 2 aromatic carbocycles. The van der Waals surface area contributed by atoms with Gasteiger partial charge < -0.3 is 9.84 Å². The Morgan fingerprint density at radius 3 is 2.50 bits per heavy atom. The predicted molar refractivity (Wildman–Crippen MR) is 104 cm³/mol. The van der Waals surface area contributed by atoms with Crippen LogP contribution in [0.4, 0.5) is 0 Å². The third-order valence-electron chi connectivity index (χ3n) is 3.70. The first kappa shape index (κ1) is 19.2. The summed E-state index contributed by atoms with van der Waals surface area (Å²) < 4.78 is 30.8. The molecule has 130 valence electrons. The van der Waals surface area contributed by atoms with Crippen LogP contribution in [0.3, 0.4) is 0 Å². The molecule has 6 heteroatoms. The van der Waals surface area contributed by atoms with Gasteiger partial charge in [-0.1, -0.05) is 25.1 Å². The number of halogens is 1. The molecule has 0 bridgehead atoms. The molecular weight excluding hydrogens is 439 g/mol. The quantitative estimate of drug-likeness (QED) is 0.637. The zero-order valence-electron chi connectivity index (χ0n) is 13.7. The van der Waals surface area contributed by atoms with Gasteiger partial charge in [0.25, 0.3) is 0 Å². The van der Waals surface area contributed by atoms with Crippen molar-refractivity contribution in [2.45, 2.75) is 31.3 Å². The number of hydrogen-bond donors (Lipinski definition) is 1. The summed E-state index contributed by atoms with van der Waals surface area (Å²) in [6.07, 6.45) is 0.516. The van der Waals surface area contributed by atoms with E-state index in [-0.39, 0.29) is 18.5 Å². The standard InChI is InChI=1S/C18H21IO4S/c1-3-24(21,22)16-6-4-5-14(11-16)15-7-8-18(17(19)12-15)23-13(2)9-10-20/h4-8,11-13,20H,3,9-10H2,1-2H3. The van der Waals surface area contributed by atoms with Gasteiger partial charge in [-0.05, 0) is 64.9 Å². The SMILES string of the molecule is CCS(=O)(=O)c1cccc(-c2ccc(OC(C)CCO)c(I)c2)c1. The van der Waals surface area contributed by atoms with Gasteiger partial charge in [0, 0.05) is 13.0 Å². The van der Waals surface area contributed by atoms with Crippen LogP contribution >= 0.6 is 22.6 Å². The van der Waals surface area contributed by atoms with Crippen LogP contribution in [-0.2, 0) is 9.84 Å². The second-order valence-electron chi connectivity index (χ2n) is 5.52. The molecule has 0 radical (unpaired) electrons. The Morgan fingerprint density at radius 1 is 1.17 bits per heavy atom. The Morgan fingerprint density at radius 2 is 1.88 bits per heavy atom. The molecule has 0 heterocycles. The maximum atomic E-state index is 12.0. The Kier molecular flexibility index (Phi) is 6.65. The molecule has 2 rings (SSSR count). The average molecular weight is 460 g/mol. The molecule has 0 aromatic heterocycles. The number of rotatable bonds is 7. The minimum atomic E-state index is -3.22. The number of sulfone groups is 1. The summed E-state index contributed by atoms with van der Waals surface area (Å²) >= 11 is 2.20. The minimum Gasteiger partial charge on any atom is -0.490 e. The van der Waals surface area contributed by atoms with Crippen LogP contribution in [0.15, 0.2) is 47.4 Å². The lowest BCUT2D eigenvalue weighted by Gasteiger charge is -2.15. The van der Waals surface area contributed by atoms with Gasteiger partial charge in [0.1, 0.15) is 5.75 Å². The highest BCUT2D eigenvalue weighted by Gasteiger charge is 2.13. The molecule has 4 nitrogen and oxygen atoms in total. The van der Waals surface area contributed by atoms with Gasteiger partial charge in [0.05, 0.1) is 20.3 Å². The van der Waals surface area contributed by atoms with Gasteiger partial charge in [0.2, 0.25) is 0 Å². The van der Waals surface area contributed by atoms with Crippen molar-refractivity contribution in [1.82, 2.24) is 0 Å². The second-order valence-corrected chi connectivity index (χ2v) is 8.96. The van der Waals surface area contributed by atoms with Crippen molar-refractivity contribution < 1.29 is 18.3 Å². The van der Waals surface area contributed by atoms with E-state index in [1.54, 1.807) is 25.1 Å². The van der Waals surface area contributed by atoms with E-state index < -0.39 is 9.84 Å². The maximum Gasteiger partial charge on any atom is 0.178 e. The lowest BCUT2D eigenvalue weighted by Crippen LogP contribution is -2.14. The minimum absolute atomic E-state index is 0.0626. The summed E-state index contributed by atoms with van der Waals surface area (Å²) in [6, 6.07) is 12.8. The van der Waals surface area contributed by atoms with Crippen LogP contribution in [-0.4, -0.2) is 32.0 Å². The fourth-order valence-corrected chi connectivity index (χ4v) is 3.84. The average Bonchev–Trinajstić information content (AvgIpc) is 2.57. The maximum absolute atomic E-state index is 12.0. The van der Waals surface area contributed by atoms with Crippen molar-refractivity contribution in [2.24, 2.45) is 0 Å². The summed E-state index contributed by atoms with van der Waals surface area (Å²) in [5.41, 5.74) is 1.80. The molecule has 0 saturated carbocycles. The number of ether oxygens (including phenoxy) is 1. The zero-order chi connectivity index (χ0) is 17.7. The number of hydrogen-bond acceptors (Lipinski definition) is 4. The lowest BCUT2D eigenvalue weighted by atomic mass is 10.1. The Labute approximate surface area is 156 Å².